The predicted molar refractivity (Wildman–Crippen MR) is 73.8 cm³/mol. The number of nitro groups is 1. The van der Waals surface area contributed by atoms with Gasteiger partial charge in [0.1, 0.15) is 0 Å². The van der Waals surface area contributed by atoms with Crippen molar-refractivity contribution < 1.29 is 4.92 Å². The van der Waals surface area contributed by atoms with Crippen molar-refractivity contribution in [3.05, 3.63) is 33.9 Å². The van der Waals surface area contributed by atoms with Crippen LogP contribution in [0, 0.1) is 32.8 Å². The summed E-state index contributed by atoms with van der Waals surface area (Å²) in [7, 11) is 0. The highest BCUT2D eigenvalue weighted by Crippen LogP contribution is 2.23. The first-order valence-electron chi connectivity index (χ1n) is 6.09. The second kappa shape index (κ2) is 7.72. The van der Waals surface area contributed by atoms with Crippen LogP contribution < -0.4 is 5.32 Å². The van der Waals surface area contributed by atoms with E-state index in [2.05, 4.69) is 5.32 Å². The Kier molecular flexibility index (Phi) is 5.95. The van der Waals surface area contributed by atoms with Gasteiger partial charge >= 0.3 is 0 Å². The Bertz CT molecular complexity index is 543. The molecule has 1 N–H and O–H groups in total. The van der Waals surface area contributed by atoms with Gasteiger partial charge in [0.05, 0.1) is 30.2 Å². The molecule has 0 saturated heterocycles. The molecule has 0 aliphatic carbocycles. The highest BCUT2D eigenvalue weighted by atomic mass is 16.6. The monoisotopic (exact) mass is 273 g/mol. The van der Waals surface area contributed by atoms with E-state index < -0.39 is 4.92 Å². The van der Waals surface area contributed by atoms with Crippen molar-refractivity contribution in [2.75, 3.05) is 25.0 Å². The summed E-state index contributed by atoms with van der Waals surface area (Å²) in [6.07, 6.45) is 0. The minimum Gasteiger partial charge on any atom is -0.385 e. The van der Waals surface area contributed by atoms with E-state index in [-0.39, 0.29) is 18.8 Å². The quantitative estimate of drug-likeness (QED) is 0.462. The molecular formula is C13H15N5O2. The largest absolute Gasteiger partial charge is 0.385 e. The van der Waals surface area contributed by atoms with Gasteiger partial charge in [-0.3, -0.25) is 15.0 Å². The number of benzene rings is 1. The average molecular weight is 273 g/mol. The van der Waals surface area contributed by atoms with Gasteiger partial charge in [-0.2, -0.15) is 10.5 Å². The summed E-state index contributed by atoms with van der Waals surface area (Å²) in [4.78, 5) is 12.0. The lowest BCUT2D eigenvalue weighted by Gasteiger charge is -2.18. The summed E-state index contributed by atoms with van der Waals surface area (Å²) < 4.78 is 0. The molecule has 0 heterocycles. The van der Waals surface area contributed by atoms with E-state index in [9.17, 15) is 10.1 Å². The number of nitrogens with one attached hydrogen (secondary N) is 1. The maximum atomic E-state index is 10.8. The average Bonchev–Trinajstić information content (AvgIpc) is 2.41. The Morgan fingerprint density at radius 2 is 2.00 bits per heavy atom. The number of rotatable bonds is 7. The molecule has 1 aromatic rings. The fourth-order valence-electron chi connectivity index (χ4n) is 1.80. The topological polar surface area (TPSA) is 106 Å². The number of non-ortho nitro benzene ring substituents is 1. The molecule has 0 saturated carbocycles. The third kappa shape index (κ3) is 4.23. The van der Waals surface area contributed by atoms with Crippen molar-refractivity contribution >= 4 is 11.4 Å². The summed E-state index contributed by atoms with van der Waals surface area (Å²) in [5.41, 5.74) is 1.47. The van der Waals surface area contributed by atoms with Crippen molar-refractivity contribution in [3.63, 3.8) is 0 Å². The summed E-state index contributed by atoms with van der Waals surface area (Å²) in [5.74, 6) is 0. The number of hydrogen-bond acceptors (Lipinski definition) is 6. The second-order valence-electron chi connectivity index (χ2n) is 4.09. The fraction of sp³-hybridized carbons (Fsp3) is 0.385. The molecule has 0 atom stereocenters. The van der Waals surface area contributed by atoms with Gasteiger partial charge in [-0.15, -0.1) is 0 Å². The molecule has 0 fully saturated rings. The molecule has 0 aliphatic heterocycles. The van der Waals surface area contributed by atoms with Crippen LogP contribution in [0.1, 0.15) is 12.5 Å². The van der Waals surface area contributed by atoms with E-state index >= 15 is 0 Å². The van der Waals surface area contributed by atoms with Crippen LogP contribution in [0.25, 0.3) is 0 Å². The van der Waals surface area contributed by atoms with E-state index in [1.807, 2.05) is 19.1 Å². The molecule has 0 aliphatic rings. The van der Waals surface area contributed by atoms with Gasteiger partial charge in [-0.1, -0.05) is 0 Å². The van der Waals surface area contributed by atoms with Crippen LogP contribution in [-0.4, -0.2) is 29.5 Å². The minimum atomic E-state index is -0.460. The zero-order valence-electron chi connectivity index (χ0n) is 11.2. The molecule has 0 aromatic heterocycles. The van der Waals surface area contributed by atoms with Crippen molar-refractivity contribution in [2.45, 2.75) is 13.5 Å². The van der Waals surface area contributed by atoms with Crippen LogP contribution in [0.5, 0.6) is 0 Å². The van der Waals surface area contributed by atoms with Crippen LogP contribution in [0.4, 0.5) is 11.4 Å². The molecule has 0 unspecified atom stereocenters. The molecular weight excluding hydrogens is 258 g/mol. The Morgan fingerprint density at radius 1 is 1.35 bits per heavy atom. The first kappa shape index (κ1) is 15.4. The summed E-state index contributed by atoms with van der Waals surface area (Å²) in [6, 6.07) is 8.51. The van der Waals surface area contributed by atoms with Gasteiger partial charge in [0.25, 0.3) is 5.69 Å². The molecule has 20 heavy (non-hydrogen) atoms. The van der Waals surface area contributed by atoms with Crippen molar-refractivity contribution in [2.24, 2.45) is 0 Å². The lowest BCUT2D eigenvalue weighted by molar-refractivity contribution is -0.384. The number of hydrogen-bond donors (Lipinski definition) is 1. The van der Waals surface area contributed by atoms with Gasteiger partial charge in [-0.05, 0) is 18.6 Å². The van der Waals surface area contributed by atoms with Gasteiger partial charge in [-0.25, -0.2) is 0 Å². The normalized spacial score (nSPS) is 9.80. The Labute approximate surface area is 117 Å². The van der Waals surface area contributed by atoms with E-state index in [0.29, 0.717) is 18.7 Å². The first-order valence-corrected chi connectivity index (χ1v) is 6.09. The molecule has 0 radical (unpaired) electrons. The van der Waals surface area contributed by atoms with Crippen LogP contribution in [0.2, 0.25) is 0 Å². The smallest absolute Gasteiger partial charge is 0.269 e. The molecule has 7 heteroatoms. The molecule has 0 amide bonds. The number of nitro benzene ring substituents is 1. The lowest BCUT2D eigenvalue weighted by atomic mass is 10.1. The van der Waals surface area contributed by atoms with Crippen LogP contribution in [-0.2, 0) is 6.54 Å². The van der Waals surface area contributed by atoms with E-state index in [1.165, 1.54) is 12.1 Å². The van der Waals surface area contributed by atoms with Gasteiger partial charge in [0, 0.05) is 30.9 Å². The van der Waals surface area contributed by atoms with E-state index in [0.717, 1.165) is 5.69 Å². The fourth-order valence-corrected chi connectivity index (χ4v) is 1.80. The summed E-state index contributed by atoms with van der Waals surface area (Å²) >= 11 is 0. The second-order valence-corrected chi connectivity index (χ2v) is 4.09. The minimum absolute atomic E-state index is 0.00415. The lowest BCUT2D eigenvalue weighted by Crippen LogP contribution is -2.24. The molecule has 1 rings (SSSR count). The van der Waals surface area contributed by atoms with Crippen LogP contribution in [0.3, 0.4) is 0 Å². The zero-order chi connectivity index (χ0) is 15.0. The zero-order valence-corrected chi connectivity index (χ0v) is 11.2. The highest BCUT2D eigenvalue weighted by molar-refractivity contribution is 5.56. The Balaban J connectivity index is 3.05. The third-order valence-corrected chi connectivity index (χ3v) is 2.65. The van der Waals surface area contributed by atoms with Gasteiger partial charge in [0.15, 0.2) is 0 Å². The Morgan fingerprint density at radius 3 is 2.50 bits per heavy atom. The van der Waals surface area contributed by atoms with E-state index in [4.69, 9.17) is 10.5 Å². The standard InChI is InChI=1S/C13H15N5O2/c1-2-16-13-4-3-12(18(19)20)9-11(13)10-17(7-5-14)8-6-15/h3-4,9,16H,2,7-8,10H2,1H3. The van der Waals surface area contributed by atoms with Crippen molar-refractivity contribution in [3.8, 4) is 12.1 Å². The molecule has 7 nitrogen and oxygen atoms in total. The summed E-state index contributed by atoms with van der Waals surface area (Å²) in [5, 5.41) is 31.4. The molecule has 0 bridgehead atoms. The van der Waals surface area contributed by atoms with Gasteiger partial charge in [0.2, 0.25) is 0 Å². The number of anilines is 1. The maximum Gasteiger partial charge on any atom is 0.269 e. The first-order chi connectivity index (χ1) is 9.62. The highest BCUT2D eigenvalue weighted by Gasteiger charge is 2.13. The maximum absolute atomic E-state index is 10.8. The third-order valence-electron chi connectivity index (χ3n) is 2.65. The van der Waals surface area contributed by atoms with Crippen molar-refractivity contribution in [1.82, 2.24) is 4.90 Å². The molecule has 0 spiro atoms. The molecule has 104 valence electrons. The van der Waals surface area contributed by atoms with Crippen molar-refractivity contribution in [1.29, 1.82) is 10.5 Å². The van der Waals surface area contributed by atoms with Crippen LogP contribution in [0.15, 0.2) is 18.2 Å². The molecule has 1 aromatic carbocycles. The van der Waals surface area contributed by atoms with Crippen LogP contribution >= 0.6 is 0 Å². The van der Waals surface area contributed by atoms with Gasteiger partial charge < -0.3 is 5.32 Å². The number of nitriles is 2. The van der Waals surface area contributed by atoms with E-state index in [1.54, 1.807) is 11.0 Å². The predicted octanol–water partition coefficient (Wildman–Crippen LogP) is 1.88. The number of nitrogens with zero attached hydrogens (tertiary/aromatic N) is 4. The Hall–Kier alpha value is -2.64. The SMILES string of the molecule is CCNc1ccc([N+](=O)[O-])cc1CN(CC#N)CC#N. The summed E-state index contributed by atoms with van der Waals surface area (Å²) in [6.45, 7) is 3.11.